The van der Waals surface area contributed by atoms with Crippen LogP contribution < -0.4 is 4.74 Å². The van der Waals surface area contributed by atoms with Crippen molar-refractivity contribution in [3.63, 3.8) is 0 Å². The van der Waals surface area contributed by atoms with E-state index in [-0.39, 0.29) is 16.6 Å². The minimum Gasteiger partial charge on any atom is -0.472 e. The van der Waals surface area contributed by atoms with Gasteiger partial charge in [0.2, 0.25) is 0 Å². The molecule has 0 aliphatic rings. The van der Waals surface area contributed by atoms with Crippen LogP contribution in [0.1, 0.15) is 38.4 Å². The van der Waals surface area contributed by atoms with Crippen LogP contribution in [0, 0.1) is 24.0 Å². The number of aryl methyl sites for hydroxylation is 2. The van der Waals surface area contributed by atoms with Crippen molar-refractivity contribution >= 4 is 14.0 Å². The fraction of sp³-hybridized carbons (Fsp3) is 0.579. The Bertz CT molecular complexity index is 843. The first kappa shape index (κ1) is 22.0. The molecule has 0 saturated heterocycles. The molecule has 0 aromatic carbocycles. The van der Waals surface area contributed by atoms with Crippen molar-refractivity contribution in [2.75, 3.05) is 13.2 Å². The summed E-state index contributed by atoms with van der Waals surface area (Å²) in [6.07, 6.45) is 3.75. The van der Waals surface area contributed by atoms with Gasteiger partial charge in [0.25, 0.3) is 0 Å². The van der Waals surface area contributed by atoms with Gasteiger partial charge < -0.3 is 9.16 Å². The van der Waals surface area contributed by atoms with Crippen molar-refractivity contribution in [1.29, 1.82) is 0 Å². The van der Waals surface area contributed by atoms with Gasteiger partial charge in [0.05, 0.1) is 22.9 Å². The van der Waals surface area contributed by atoms with Crippen LogP contribution in [0.15, 0.2) is 18.5 Å². The Kier molecular flexibility index (Phi) is 6.61. The number of aromatic nitrogens is 3. The van der Waals surface area contributed by atoms with Crippen LogP contribution in [0.3, 0.4) is 0 Å². The summed E-state index contributed by atoms with van der Waals surface area (Å²) in [6.45, 7) is 15.6. The lowest BCUT2D eigenvalue weighted by atomic mass is 10.2. The molecule has 154 valence electrons. The van der Waals surface area contributed by atoms with Crippen LogP contribution in [0.25, 0.3) is 5.69 Å². The van der Waals surface area contributed by atoms with Gasteiger partial charge in [0, 0.05) is 19.2 Å². The standard InChI is InChI=1S/C19H30N4O4Si/c1-14-11-16(15(2)20-12-14)22-13-17(23(24)25)18(21-22)26-9-8-10-27-28(6,7)19(3,4)5/h11-13H,8-10H2,1-7H3. The van der Waals surface area contributed by atoms with E-state index in [2.05, 4.69) is 43.9 Å². The first-order valence-electron chi connectivity index (χ1n) is 9.37. The molecule has 2 heterocycles. The Morgan fingerprint density at radius 2 is 1.93 bits per heavy atom. The van der Waals surface area contributed by atoms with Gasteiger partial charge in [0.1, 0.15) is 6.20 Å². The molecule has 28 heavy (non-hydrogen) atoms. The molecule has 2 aromatic rings. The molecule has 0 fully saturated rings. The molecule has 0 aliphatic heterocycles. The van der Waals surface area contributed by atoms with Crippen LogP contribution >= 0.6 is 0 Å². The van der Waals surface area contributed by atoms with Crippen molar-refractivity contribution in [1.82, 2.24) is 14.8 Å². The van der Waals surface area contributed by atoms with E-state index in [1.165, 1.54) is 10.9 Å². The summed E-state index contributed by atoms with van der Waals surface area (Å²) in [6, 6.07) is 1.88. The number of rotatable bonds is 8. The van der Waals surface area contributed by atoms with Gasteiger partial charge in [-0.2, -0.15) is 0 Å². The van der Waals surface area contributed by atoms with Gasteiger partial charge >= 0.3 is 11.6 Å². The van der Waals surface area contributed by atoms with Crippen molar-refractivity contribution in [3.8, 4) is 11.6 Å². The van der Waals surface area contributed by atoms with E-state index >= 15 is 0 Å². The van der Waals surface area contributed by atoms with E-state index in [1.807, 2.05) is 19.9 Å². The van der Waals surface area contributed by atoms with E-state index in [9.17, 15) is 10.1 Å². The smallest absolute Gasteiger partial charge is 0.350 e. The third kappa shape index (κ3) is 5.17. The summed E-state index contributed by atoms with van der Waals surface area (Å²) in [5.41, 5.74) is 2.21. The summed E-state index contributed by atoms with van der Waals surface area (Å²) >= 11 is 0. The van der Waals surface area contributed by atoms with E-state index in [4.69, 9.17) is 9.16 Å². The minimum atomic E-state index is -1.81. The van der Waals surface area contributed by atoms with Gasteiger partial charge in [0.15, 0.2) is 8.32 Å². The molecule has 0 atom stereocenters. The van der Waals surface area contributed by atoms with Crippen LogP contribution in [-0.4, -0.2) is 41.2 Å². The lowest BCUT2D eigenvalue weighted by Crippen LogP contribution is -2.41. The molecule has 0 aliphatic carbocycles. The highest BCUT2D eigenvalue weighted by molar-refractivity contribution is 6.74. The Morgan fingerprint density at radius 3 is 2.54 bits per heavy atom. The highest BCUT2D eigenvalue weighted by atomic mass is 28.4. The van der Waals surface area contributed by atoms with E-state index in [0.29, 0.717) is 25.3 Å². The molecule has 0 N–H and O–H groups in total. The fourth-order valence-corrected chi connectivity index (χ4v) is 3.41. The molecule has 0 amide bonds. The third-order valence-corrected chi connectivity index (χ3v) is 9.64. The van der Waals surface area contributed by atoms with Crippen molar-refractivity contribution in [3.05, 3.63) is 39.8 Å². The number of pyridine rings is 1. The number of hydrogen-bond acceptors (Lipinski definition) is 6. The Labute approximate surface area is 167 Å². The lowest BCUT2D eigenvalue weighted by Gasteiger charge is -2.36. The highest BCUT2D eigenvalue weighted by Crippen LogP contribution is 2.36. The number of hydrogen-bond donors (Lipinski definition) is 0. The number of nitrogens with zero attached hydrogens (tertiary/aromatic N) is 4. The summed E-state index contributed by atoms with van der Waals surface area (Å²) < 4.78 is 13.2. The largest absolute Gasteiger partial charge is 0.472 e. The van der Waals surface area contributed by atoms with Crippen molar-refractivity contribution < 1.29 is 14.1 Å². The van der Waals surface area contributed by atoms with Gasteiger partial charge in [-0.05, 0) is 43.6 Å². The Morgan fingerprint density at radius 1 is 1.25 bits per heavy atom. The zero-order valence-corrected chi connectivity index (χ0v) is 18.8. The zero-order chi connectivity index (χ0) is 21.1. The van der Waals surface area contributed by atoms with Gasteiger partial charge in [-0.3, -0.25) is 15.1 Å². The maximum absolute atomic E-state index is 11.4. The predicted molar refractivity (Wildman–Crippen MR) is 111 cm³/mol. The molecule has 8 nitrogen and oxygen atoms in total. The molecule has 2 aromatic heterocycles. The molecular formula is C19H30N4O4Si. The van der Waals surface area contributed by atoms with Gasteiger partial charge in [-0.15, -0.1) is 5.10 Å². The molecule has 0 saturated carbocycles. The highest BCUT2D eigenvalue weighted by Gasteiger charge is 2.36. The molecule has 0 unspecified atom stereocenters. The average molecular weight is 407 g/mol. The van der Waals surface area contributed by atoms with Gasteiger partial charge in [-0.25, -0.2) is 4.68 Å². The molecule has 2 rings (SSSR count). The van der Waals surface area contributed by atoms with Crippen LogP contribution in [0.2, 0.25) is 18.1 Å². The quantitative estimate of drug-likeness (QED) is 0.276. The lowest BCUT2D eigenvalue weighted by molar-refractivity contribution is -0.385. The molecule has 0 bridgehead atoms. The van der Waals surface area contributed by atoms with Crippen LogP contribution in [0.4, 0.5) is 5.69 Å². The maximum atomic E-state index is 11.4. The minimum absolute atomic E-state index is 0.0123. The topological polar surface area (TPSA) is 92.3 Å². The predicted octanol–water partition coefficient (Wildman–Crippen LogP) is 4.58. The van der Waals surface area contributed by atoms with Crippen LogP contribution in [0.5, 0.6) is 5.88 Å². The molecule has 0 radical (unpaired) electrons. The number of nitro groups is 1. The maximum Gasteiger partial charge on any atom is 0.350 e. The van der Waals surface area contributed by atoms with Crippen molar-refractivity contribution in [2.45, 2.75) is 59.2 Å². The van der Waals surface area contributed by atoms with E-state index in [1.54, 1.807) is 6.20 Å². The molecular weight excluding hydrogens is 376 g/mol. The van der Waals surface area contributed by atoms with E-state index < -0.39 is 13.2 Å². The first-order valence-corrected chi connectivity index (χ1v) is 12.3. The van der Waals surface area contributed by atoms with Crippen molar-refractivity contribution in [2.24, 2.45) is 0 Å². The average Bonchev–Trinajstić information content (AvgIpc) is 3.00. The second-order valence-corrected chi connectivity index (χ2v) is 13.3. The second kappa shape index (κ2) is 8.40. The summed E-state index contributed by atoms with van der Waals surface area (Å²) in [7, 11) is -1.81. The zero-order valence-electron chi connectivity index (χ0n) is 17.8. The SMILES string of the molecule is Cc1cnc(C)c(-n2cc([N+](=O)[O-])c(OCCCO[Si](C)(C)C(C)(C)C)n2)c1. The third-order valence-electron chi connectivity index (χ3n) is 5.10. The first-order chi connectivity index (χ1) is 12.9. The van der Waals surface area contributed by atoms with Crippen LogP contribution in [-0.2, 0) is 4.43 Å². The molecule has 0 spiro atoms. The molecule has 9 heteroatoms. The second-order valence-electron chi connectivity index (χ2n) is 8.45. The number of ether oxygens (including phenoxy) is 1. The Hall–Kier alpha value is -2.26. The van der Waals surface area contributed by atoms with Gasteiger partial charge in [-0.1, -0.05) is 20.8 Å². The van der Waals surface area contributed by atoms with E-state index in [0.717, 1.165) is 11.3 Å². The monoisotopic (exact) mass is 406 g/mol. The summed E-state index contributed by atoms with van der Waals surface area (Å²) in [4.78, 5) is 15.2. The summed E-state index contributed by atoms with van der Waals surface area (Å²) in [5.74, 6) is 0.0123. The normalized spacial score (nSPS) is 12.2. The Balaban J connectivity index is 2.05. The fourth-order valence-electron chi connectivity index (χ4n) is 2.33. The summed E-state index contributed by atoms with van der Waals surface area (Å²) in [5, 5.41) is 15.8.